The molecule has 0 radical (unpaired) electrons. The summed E-state index contributed by atoms with van der Waals surface area (Å²) in [6.45, 7) is 0. The Labute approximate surface area is 378 Å². The summed E-state index contributed by atoms with van der Waals surface area (Å²) in [6.07, 6.45) is 5.86. The second-order valence-electron chi connectivity index (χ2n) is 18.2. The van der Waals surface area contributed by atoms with Crippen LogP contribution in [0.1, 0.15) is 51.3 Å². The fraction of sp³-hybridized carbons (Fsp3) is 0.0469. The van der Waals surface area contributed by atoms with E-state index in [-0.39, 0.29) is 5.92 Å². The van der Waals surface area contributed by atoms with Crippen molar-refractivity contribution in [2.24, 2.45) is 0 Å². The quantitative estimate of drug-likeness (QED) is 0.161. The van der Waals surface area contributed by atoms with Crippen LogP contribution in [0.25, 0.3) is 87.9 Å². The lowest BCUT2D eigenvalue weighted by Crippen LogP contribution is -2.25. The Morgan fingerprint density at radius 3 is 1.65 bits per heavy atom. The first kappa shape index (κ1) is 36.4. The molecule has 0 N–H and O–H groups in total. The Morgan fingerprint density at radius 2 is 0.938 bits per heavy atom. The zero-order chi connectivity index (χ0) is 42.6. The molecule has 0 saturated carbocycles. The van der Waals surface area contributed by atoms with Crippen LogP contribution in [0.2, 0.25) is 0 Å². The Hall–Kier alpha value is -8.13. The molecule has 3 aliphatic rings. The molecule has 11 aromatic rings. The fourth-order valence-corrected chi connectivity index (χ4v) is 11.8. The second kappa shape index (κ2) is 13.9. The van der Waals surface area contributed by atoms with Crippen LogP contribution in [0.5, 0.6) is 0 Å². The van der Waals surface area contributed by atoms with E-state index in [4.69, 9.17) is 4.98 Å². The number of aromatic nitrogens is 1. The molecular formula is C64H41N. The monoisotopic (exact) mass is 823 g/mol. The highest BCUT2D eigenvalue weighted by molar-refractivity contribution is 6.14. The van der Waals surface area contributed by atoms with Crippen molar-refractivity contribution in [2.75, 3.05) is 0 Å². The minimum atomic E-state index is -0.406. The van der Waals surface area contributed by atoms with Gasteiger partial charge in [-0.1, -0.05) is 206 Å². The van der Waals surface area contributed by atoms with Crippen LogP contribution in [0.3, 0.4) is 0 Å². The van der Waals surface area contributed by atoms with E-state index in [0.29, 0.717) is 0 Å². The number of nitrogens with zero attached hydrogens (tertiary/aromatic N) is 1. The van der Waals surface area contributed by atoms with Crippen molar-refractivity contribution in [3.63, 3.8) is 0 Å². The predicted octanol–water partition coefficient (Wildman–Crippen LogP) is 16.4. The molecule has 14 rings (SSSR count). The number of hydrogen-bond acceptors (Lipinski definition) is 1. The van der Waals surface area contributed by atoms with Crippen LogP contribution < -0.4 is 0 Å². The van der Waals surface area contributed by atoms with Crippen molar-refractivity contribution >= 4 is 54.4 Å². The molecule has 0 amide bonds. The third-order valence-corrected chi connectivity index (χ3v) is 14.8. The number of para-hydroxylation sites is 1. The summed E-state index contributed by atoms with van der Waals surface area (Å²) in [5.41, 5.74) is 19.8. The number of pyridine rings is 1. The van der Waals surface area contributed by atoms with Crippen LogP contribution in [0, 0.1) is 0 Å². The average molecular weight is 824 g/mol. The van der Waals surface area contributed by atoms with Crippen molar-refractivity contribution in [2.45, 2.75) is 17.8 Å². The molecule has 1 unspecified atom stereocenters. The lowest BCUT2D eigenvalue weighted by Gasteiger charge is -2.30. The van der Waals surface area contributed by atoms with Gasteiger partial charge >= 0.3 is 0 Å². The van der Waals surface area contributed by atoms with Gasteiger partial charge in [0.2, 0.25) is 0 Å². The first-order valence-corrected chi connectivity index (χ1v) is 22.9. The topological polar surface area (TPSA) is 12.9 Å². The summed E-state index contributed by atoms with van der Waals surface area (Å²) in [6, 6.07) is 81.4. The van der Waals surface area contributed by atoms with E-state index in [0.717, 1.165) is 23.2 Å². The highest BCUT2D eigenvalue weighted by atomic mass is 14.7. The maximum Gasteiger partial charge on any atom is 0.0788 e. The van der Waals surface area contributed by atoms with E-state index < -0.39 is 5.41 Å². The van der Waals surface area contributed by atoms with Gasteiger partial charge in [0, 0.05) is 22.3 Å². The molecule has 3 aliphatic carbocycles. The number of allylic oxidation sites excluding steroid dienone is 4. The summed E-state index contributed by atoms with van der Waals surface area (Å²) >= 11 is 0. The lowest BCUT2D eigenvalue weighted by molar-refractivity contribution is 0.795. The van der Waals surface area contributed by atoms with Gasteiger partial charge in [-0.05, 0) is 130 Å². The minimum absolute atomic E-state index is 0.235. The summed E-state index contributed by atoms with van der Waals surface area (Å²) in [4.78, 5) is 5.48. The van der Waals surface area contributed by atoms with E-state index in [1.165, 1.54) is 110 Å². The van der Waals surface area contributed by atoms with Gasteiger partial charge in [0.25, 0.3) is 0 Å². The molecule has 0 saturated heterocycles. The Bertz CT molecular complexity index is 3820. The van der Waals surface area contributed by atoms with Crippen molar-refractivity contribution in [1.29, 1.82) is 0 Å². The van der Waals surface area contributed by atoms with Gasteiger partial charge in [0.05, 0.1) is 16.6 Å². The predicted molar refractivity (Wildman–Crippen MR) is 272 cm³/mol. The van der Waals surface area contributed by atoms with Crippen molar-refractivity contribution < 1.29 is 0 Å². The van der Waals surface area contributed by atoms with Crippen LogP contribution in [-0.4, -0.2) is 4.98 Å². The Balaban J connectivity index is 0.933. The second-order valence-corrected chi connectivity index (χ2v) is 18.2. The Morgan fingerprint density at radius 1 is 0.385 bits per heavy atom. The van der Waals surface area contributed by atoms with Crippen LogP contribution in [0.15, 0.2) is 231 Å². The molecule has 1 aromatic heterocycles. The summed E-state index contributed by atoms with van der Waals surface area (Å²) < 4.78 is 0. The van der Waals surface area contributed by atoms with E-state index >= 15 is 0 Å². The number of fused-ring (bicyclic) bond motifs is 15. The van der Waals surface area contributed by atoms with Gasteiger partial charge in [0.1, 0.15) is 0 Å². The fourth-order valence-electron chi connectivity index (χ4n) is 11.8. The maximum atomic E-state index is 5.48. The molecule has 65 heavy (non-hydrogen) atoms. The minimum Gasteiger partial charge on any atom is -0.247 e. The largest absolute Gasteiger partial charge is 0.247 e. The van der Waals surface area contributed by atoms with Gasteiger partial charge < -0.3 is 0 Å². The van der Waals surface area contributed by atoms with E-state index in [1.807, 2.05) is 0 Å². The van der Waals surface area contributed by atoms with E-state index in [9.17, 15) is 0 Å². The zero-order valence-electron chi connectivity index (χ0n) is 35.7. The van der Waals surface area contributed by atoms with Crippen LogP contribution in [0.4, 0.5) is 0 Å². The third-order valence-electron chi connectivity index (χ3n) is 14.8. The van der Waals surface area contributed by atoms with Crippen molar-refractivity contribution in [3.05, 3.63) is 269 Å². The van der Waals surface area contributed by atoms with Gasteiger partial charge in [-0.2, -0.15) is 0 Å². The van der Waals surface area contributed by atoms with Gasteiger partial charge in [-0.25, -0.2) is 4.98 Å². The van der Waals surface area contributed by atoms with Crippen molar-refractivity contribution in [1.82, 2.24) is 4.98 Å². The maximum absolute atomic E-state index is 5.48. The SMILES string of the molecule is C1=C(c2ccc(-c3nc4ccccc4c4cc5c(cc34)-c3ccccc3C53c4ccccc4-c4ccccc43)cc2)C=C(c2ccc3ccccc3c2)CC1c1ccc2ccccc2c1. The van der Waals surface area contributed by atoms with Gasteiger partial charge in [-0.3, -0.25) is 0 Å². The Kier molecular flexibility index (Phi) is 7.80. The normalized spacial score (nSPS) is 15.5. The summed E-state index contributed by atoms with van der Waals surface area (Å²) in [7, 11) is 0. The average Bonchev–Trinajstić information content (AvgIpc) is 3.84. The molecule has 0 bridgehead atoms. The van der Waals surface area contributed by atoms with Crippen LogP contribution >= 0.6 is 0 Å². The van der Waals surface area contributed by atoms with Gasteiger partial charge in [0.15, 0.2) is 0 Å². The smallest absolute Gasteiger partial charge is 0.0788 e. The standard InChI is InChI=1S/C64H41N/c1-3-15-44-33-46(31-27-40(44)13-1)49-35-48(36-50(37-49)47-32-28-41-14-2-4-16-45(41)34-47)42-25-29-43(30-26-42)63-57-38-56-53-19-7-11-23-60(53)64(61(56)39-55(57)54-20-8-12-24-62(54)65-63)58-21-9-5-17-51(58)52-18-6-10-22-59(52)64/h1-36,38-39,49H,37H2. The third kappa shape index (κ3) is 5.36. The molecule has 1 spiro atoms. The molecule has 1 heterocycles. The highest BCUT2D eigenvalue weighted by Gasteiger charge is 2.51. The highest BCUT2D eigenvalue weighted by Crippen LogP contribution is 2.63. The summed E-state index contributed by atoms with van der Waals surface area (Å²) in [5.74, 6) is 0.235. The molecule has 10 aromatic carbocycles. The number of benzene rings is 10. The molecular weight excluding hydrogens is 783 g/mol. The van der Waals surface area contributed by atoms with Crippen molar-refractivity contribution in [3.8, 4) is 33.5 Å². The molecule has 0 aliphatic heterocycles. The molecule has 1 atom stereocenters. The first-order chi connectivity index (χ1) is 32.2. The molecule has 302 valence electrons. The zero-order valence-corrected chi connectivity index (χ0v) is 35.7. The van der Waals surface area contributed by atoms with Crippen LogP contribution in [-0.2, 0) is 5.41 Å². The number of hydrogen-bond donors (Lipinski definition) is 0. The molecule has 1 nitrogen and oxygen atoms in total. The first-order valence-electron chi connectivity index (χ1n) is 22.9. The van der Waals surface area contributed by atoms with E-state index in [1.54, 1.807) is 0 Å². The van der Waals surface area contributed by atoms with E-state index in [2.05, 4.69) is 231 Å². The molecule has 1 heteroatoms. The molecule has 0 fully saturated rings. The lowest BCUT2D eigenvalue weighted by atomic mass is 9.70. The summed E-state index contributed by atoms with van der Waals surface area (Å²) in [5, 5.41) is 8.67. The number of rotatable bonds is 4. The van der Waals surface area contributed by atoms with Gasteiger partial charge in [-0.15, -0.1) is 0 Å².